The van der Waals surface area contributed by atoms with E-state index < -0.39 is 0 Å². The van der Waals surface area contributed by atoms with E-state index in [9.17, 15) is 0 Å². The first-order chi connectivity index (χ1) is 9.35. The highest BCUT2D eigenvalue weighted by Crippen LogP contribution is 2.42. The SMILES string of the molecule is NNC(CC1CCC1)C1(N2CCOCC2)CCCC1. The van der Waals surface area contributed by atoms with Crippen LogP contribution in [-0.4, -0.2) is 42.8 Å². The lowest BCUT2D eigenvalue weighted by Gasteiger charge is -2.49. The van der Waals surface area contributed by atoms with Crippen LogP contribution < -0.4 is 11.3 Å². The second-order valence-electron chi connectivity index (χ2n) is 6.66. The van der Waals surface area contributed by atoms with Gasteiger partial charge < -0.3 is 4.74 Å². The fraction of sp³-hybridized carbons (Fsp3) is 1.00. The molecule has 4 nitrogen and oxygen atoms in total. The highest BCUT2D eigenvalue weighted by Gasteiger charge is 2.46. The van der Waals surface area contributed by atoms with Crippen LogP contribution in [0.3, 0.4) is 0 Å². The third-order valence-corrected chi connectivity index (χ3v) is 5.75. The molecule has 0 aromatic heterocycles. The molecule has 0 radical (unpaired) electrons. The van der Waals surface area contributed by atoms with Crippen molar-refractivity contribution in [2.45, 2.75) is 62.9 Å². The Morgan fingerprint density at radius 3 is 2.37 bits per heavy atom. The van der Waals surface area contributed by atoms with Gasteiger partial charge in [0.2, 0.25) is 0 Å². The molecule has 2 saturated carbocycles. The van der Waals surface area contributed by atoms with Gasteiger partial charge in [-0.1, -0.05) is 32.1 Å². The zero-order valence-electron chi connectivity index (χ0n) is 12.1. The Labute approximate surface area is 117 Å². The molecule has 0 bridgehead atoms. The maximum absolute atomic E-state index is 5.96. The van der Waals surface area contributed by atoms with Crippen molar-refractivity contribution in [2.75, 3.05) is 26.3 Å². The highest BCUT2D eigenvalue weighted by molar-refractivity contribution is 5.04. The molecule has 2 aliphatic carbocycles. The third-order valence-electron chi connectivity index (χ3n) is 5.75. The number of nitrogens with two attached hydrogens (primary N) is 1. The Morgan fingerprint density at radius 1 is 1.16 bits per heavy atom. The van der Waals surface area contributed by atoms with Crippen molar-refractivity contribution >= 4 is 0 Å². The predicted molar refractivity (Wildman–Crippen MR) is 76.7 cm³/mol. The van der Waals surface area contributed by atoms with Crippen LogP contribution in [0.15, 0.2) is 0 Å². The first-order valence-corrected chi connectivity index (χ1v) is 8.14. The van der Waals surface area contributed by atoms with Crippen LogP contribution in [0.4, 0.5) is 0 Å². The lowest BCUT2D eigenvalue weighted by atomic mass is 9.74. The highest BCUT2D eigenvalue weighted by atomic mass is 16.5. The molecule has 3 rings (SSSR count). The Hall–Kier alpha value is -0.160. The van der Waals surface area contributed by atoms with Crippen LogP contribution in [0.5, 0.6) is 0 Å². The number of ether oxygens (including phenoxy) is 1. The number of hydrogen-bond acceptors (Lipinski definition) is 4. The lowest BCUT2D eigenvalue weighted by molar-refractivity contribution is -0.0406. The van der Waals surface area contributed by atoms with Crippen LogP contribution in [-0.2, 0) is 4.74 Å². The Balaban J connectivity index is 1.72. The molecule has 0 aromatic carbocycles. The maximum atomic E-state index is 5.96. The van der Waals surface area contributed by atoms with Gasteiger partial charge in [0.05, 0.1) is 13.2 Å². The molecule has 19 heavy (non-hydrogen) atoms. The van der Waals surface area contributed by atoms with E-state index in [1.807, 2.05) is 0 Å². The standard InChI is InChI=1S/C15H29N3O/c16-17-14(12-13-4-3-5-13)15(6-1-2-7-15)18-8-10-19-11-9-18/h13-14,17H,1-12,16H2. The van der Waals surface area contributed by atoms with E-state index in [4.69, 9.17) is 10.6 Å². The number of rotatable bonds is 5. The van der Waals surface area contributed by atoms with Crippen molar-refractivity contribution in [3.8, 4) is 0 Å². The van der Waals surface area contributed by atoms with Crippen molar-refractivity contribution in [1.82, 2.24) is 10.3 Å². The molecular weight excluding hydrogens is 238 g/mol. The first-order valence-electron chi connectivity index (χ1n) is 8.14. The Morgan fingerprint density at radius 2 is 1.84 bits per heavy atom. The molecule has 3 N–H and O–H groups in total. The fourth-order valence-electron chi connectivity index (χ4n) is 4.39. The quantitative estimate of drug-likeness (QED) is 0.587. The van der Waals surface area contributed by atoms with Crippen LogP contribution in [0.2, 0.25) is 0 Å². The number of nitrogens with one attached hydrogen (secondary N) is 1. The van der Waals surface area contributed by atoms with E-state index >= 15 is 0 Å². The topological polar surface area (TPSA) is 50.5 Å². The number of nitrogens with zero attached hydrogens (tertiary/aromatic N) is 1. The minimum atomic E-state index is 0.314. The van der Waals surface area contributed by atoms with Crippen LogP contribution in [0.25, 0.3) is 0 Å². The molecule has 1 saturated heterocycles. The van der Waals surface area contributed by atoms with Gasteiger partial charge in [-0.05, 0) is 25.2 Å². The third kappa shape index (κ3) is 2.68. The monoisotopic (exact) mass is 267 g/mol. The summed E-state index contributed by atoms with van der Waals surface area (Å²) in [6, 6.07) is 0.471. The normalized spacial score (nSPS) is 30.2. The molecular formula is C15H29N3O. The van der Waals surface area contributed by atoms with Crippen molar-refractivity contribution in [3.63, 3.8) is 0 Å². The van der Waals surface area contributed by atoms with Gasteiger partial charge in [0.15, 0.2) is 0 Å². The molecule has 1 heterocycles. The van der Waals surface area contributed by atoms with E-state index in [1.54, 1.807) is 0 Å². The van der Waals surface area contributed by atoms with Crippen molar-refractivity contribution in [2.24, 2.45) is 11.8 Å². The van der Waals surface area contributed by atoms with Crippen molar-refractivity contribution in [1.29, 1.82) is 0 Å². The zero-order chi connectivity index (χ0) is 13.1. The second kappa shape index (κ2) is 6.08. The zero-order valence-corrected chi connectivity index (χ0v) is 12.1. The van der Waals surface area contributed by atoms with Gasteiger partial charge in [-0.2, -0.15) is 0 Å². The summed E-state index contributed by atoms with van der Waals surface area (Å²) in [4.78, 5) is 2.69. The molecule has 0 amide bonds. The van der Waals surface area contributed by atoms with Crippen LogP contribution in [0.1, 0.15) is 51.4 Å². The number of hydrogen-bond donors (Lipinski definition) is 2. The first kappa shape index (κ1) is 13.8. The molecule has 0 spiro atoms. The fourth-order valence-corrected chi connectivity index (χ4v) is 4.39. The summed E-state index contributed by atoms with van der Waals surface area (Å²) < 4.78 is 5.54. The molecule has 3 fully saturated rings. The summed E-state index contributed by atoms with van der Waals surface area (Å²) in [5.41, 5.74) is 3.51. The average Bonchev–Trinajstić information content (AvgIpc) is 2.89. The van der Waals surface area contributed by atoms with Gasteiger partial charge in [-0.25, -0.2) is 0 Å². The van der Waals surface area contributed by atoms with Crippen LogP contribution in [0, 0.1) is 5.92 Å². The van der Waals surface area contributed by atoms with Gasteiger partial charge in [-0.15, -0.1) is 0 Å². The van der Waals surface area contributed by atoms with E-state index in [2.05, 4.69) is 10.3 Å². The summed E-state index contributed by atoms with van der Waals surface area (Å²) in [5, 5.41) is 0. The Bertz CT molecular complexity index is 281. The summed E-state index contributed by atoms with van der Waals surface area (Å²) in [6.45, 7) is 3.95. The molecule has 3 aliphatic rings. The molecule has 110 valence electrons. The molecule has 0 aromatic rings. The summed E-state index contributed by atoms with van der Waals surface area (Å²) in [5.74, 6) is 6.88. The summed E-state index contributed by atoms with van der Waals surface area (Å²) >= 11 is 0. The van der Waals surface area contributed by atoms with E-state index in [0.29, 0.717) is 11.6 Å². The van der Waals surface area contributed by atoms with Gasteiger partial charge in [0, 0.05) is 24.7 Å². The summed E-state index contributed by atoms with van der Waals surface area (Å²) in [7, 11) is 0. The van der Waals surface area contributed by atoms with E-state index in [0.717, 1.165) is 32.2 Å². The molecule has 1 unspecified atom stereocenters. The number of morpholine rings is 1. The van der Waals surface area contributed by atoms with E-state index in [-0.39, 0.29) is 0 Å². The maximum Gasteiger partial charge on any atom is 0.0594 e. The Kier molecular flexibility index (Phi) is 4.42. The van der Waals surface area contributed by atoms with Crippen LogP contribution >= 0.6 is 0 Å². The minimum Gasteiger partial charge on any atom is -0.379 e. The number of hydrazine groups is 1. The van der Waals surface area contributed by atoms with Crippen molar-refractivity contribution < 1.29 is 4.74 Å². The van der Waals surface area contributed by atoms with E-state index in [1.165, 1.54) is 51.4 Å². The second-order valence-corrected chi connectivity index (χ2v) is 6.66. The molecule has 4 heteroatoms. The molecule has 1 aliphatic heterocycles. The smallest absolute Gasteiger partial charge is 0.0594 e. The largest absolute Gasteiger partial charge is 0.379 e. The summed E-state index contributed by atoms with van der Waals surface area (Å²) in [6.07, 6.45) is 10.9. The predicted octanol–water partition coefficient (Wildman–Crippen LogP) is 1.65. The van der Waals surface area contributed by atoms with Gasteiger partial charge in [-0.3, -0.25) is 16.2 Å². The molecule has 1 atom stereocenters. The minimum absolute atomic E-state index is 0.314. The average molecular weight is 267 g/mol. The lowest BCUT2D eigenvalue weighted by Crippen LogP contribution is -2.64. The van der Waals surface area contributed by atoms with Gasteiger partial charge in [0.25, 0.3) is 0 Å². The van der Waals surface area contributed by atoms with Crippen molar-refractivity contribution in [3.05, 3.63) is 0 Å². The van der Waals surface area contributed by atoms with Gasteiger partial charge in [0.1, 0.15) is 0 Å². The van der Waals surface area contributed by atoms with Gasteiger partial charge >= 0.3 is 0 Å².